The molecule has 0 aromatic heterocycles. The molecular weight excluding hydrogens is 471 g/mol. The van der Waals surface area contributed by atoms with Gasteiger partial charge in [-0.15, -0.1) is 0 Å². The topological polar surface area (TPSA) is 66.4 Å². The number of unbranched alkanes of at least 4 members (excludes halogenated alkanes) is 19. The molecule has 6 heteroatoms. The molecule has 1 unspecified atom stereocenters. The van der Waals surface area contributed by atoms with Crippen LogP contribution in [0.25, 0.3) is 0 Å². The largest absolute Gasteiger partial charge is 1.00 e. The van der Waals surface area contributed by atoms with Gasteiger partial charge in [-0.2, -0.15) is 0 Å². The van der Waals surface area contributed by atoms with Crippen molar-refractivity contribution in [2.24, 2.45) is 5.92 Å². The van der Waals surface area contributed by atoms with E-state index in [2.05, 4.69) is 30.2 Å². The van der Waals surface area contributed by atoms with Crippen LogP contribution in [-0.4, -0.2) is 19.6 Å². The Bertz CT molecular complexity index is 522. The van der Waals surface area contributed by atoms with E-state index in [0.29, 0.717) is 0 Å². The summed E-state index contributed by atoms with van der Waals surface area (Å²) in [6, 6.07) is 0. The van der Waals surface area contributed by atoms with E-state index in [1.54, 1.807) is 0 Å². The summed E-state index contributed by atoms with van der Waals surface area (Å²) in [4.78, 5) is 0. The van der Waals surface area contributed by atoms with E-state index in [9.17, 15) is 13.0 Å². The molecule has 0 fully saturated rings. The summed E-state index contributed by atoms with van der Waals surface area (Å²) in [5.74, 6) is 0.0194. The molecule has 1 atom stereocenters. The minimum atomic E-state index is -4.61. The van der Waals surface area contributed by atoms with Gasteiger partial charge in [0.1, 0.15) is 0 Å². The molecular formula is C28H55KO4S. The number of hydrogen-bond acceptors (Lipinski definition) is 4. The first-order chi connectivity index (χ1) is 16.0. The smallest absolute Gasteiger partial charge is 0.726 e. The summed E-state index contributed by atoms with van der Waals surface area (Å²) >= 11 is 0. The molecule has 0 aromatic carbocycles. The van der Waals surface area contributed by atoms with Gasteiger partial charge in [0.2, 0.25) is 10.4 Å². The molecule has 0 aliphatic rings. The molecule has 0 aliphatic carbocycles. The monoisotopic (exact) mass is 526 g/mol. The normalized spacial score (nSPS) is 12.8. The third-order valence-corrected chi connectivity index (χ3v) is 6.91. The molecule has 0 aromatic rings. The van der Waals surface area contributed by atoms with Crippen molar-refractivity contribution in [1.29, 1.82) is 0 Å². The predicted molar refractivity (Wildman–Crippen MR) is 141 cm³/mol. The molecule has 34 heavy (non-hydrogen) atoms. The summed E-state index contributed by atoms with van der Waals surface area (Å²) in [7, 11) is -4.61. The van der Waals surface area contributed by atoms with Gasteiger partial charge in [-0.25, -0.2) is 8.42 Å². The van der Waals surface area contributed by atoms with E-state index < -0.39 is 10.4 Å². The first kappa shape index (κ1) is 37.4. The molecule has 0 heterocycles. The Morgan fingerprint density at radius 3 is 1.44 bits per heavy atom. The Morgan fingerprint density at radius 1 is 0.647 bits per heavy atom. The van der Waals surface area contributed by atoms with Gasteiger partial charge in [-0.3, -0.25) is 4.18 Å². The summed E-state index contributed by atoms with van der Waals surface area (Å²) < 4.78 is 37.1. The molecule has 0 spiro atoms. The zero-order valence-electron chi connectivity index (χ0n) is 23.0. The van der Waals surface area contributed by atoms with Crippen molar-refractivity contribution in [3.8, 4) is 0 Å². The van der Waals surface area contributed by atoms with E-state index in [4.69, 9.17) is 0 Å². The maximum Gasteiger partial charge on any atom is 1.00 e. The second-order valence-electron chi connectivity index (χ2n) is 9.82. The molecule has 0 radical (unpaired) electrons. The van der Waals surface area contributed by atoms with Crippen molar-refractivity contribution in [3.63, 3.8) is 0 Å². The molecule has 0 amide bonds. The van der Waals surface area contributed by atoms with Crippen molar-refractivity contribution >= 4 is 10.4 Å². The summed E-state index contributed by atoms with van der Waals surface area (Å²) in [5, 5.41) is 0. The van der Waals surface area contributed by atoms with E-state index in [1.807, 2.05) is 0 Å². The van der Waals surface area contributed by atoms with Crippen LogP contribution >= 0.6 is 0 Å². The number of allylic oxidation sites excluding steroid dienone is 1. The quantitative estimate of drug-likeness (QED) is 0.0438. The molecule has 198 valence electrons. The summed E-state index contributed by atoms with van der Waals surface area (Å²) in [6.07, 6.45) is 32.3. The summed E-state index contributed by atoms with van der Waals surface area (Å²) in [6.45, 7) is 4.49. The van der Waals surface area contributed by atoms with Crippen LogP contribution in [0.1, 0.15) is 155 Å². The fourth-order valence-electron chi connectivity index (χ4n) is 4.34. The Balaban J connectivity index is 0. The van der Waals surface area contributed by atoms with Gasteiger partial charge < -0.3 is 4.55 Å². The van der Waals surface area contributed by atoms with Crippen LogP contribution in [0.3, 0.4) is 0 Å². The standard InChI is InChI=1S/C28H56O4S.K/c1-3-5-7-9-11-13-14-15-16-18-20-22-24-26-28(27-32-33(29,30)31)25-23-21-19-17-12-10-8-6-4-2;/h24,26,28H,3-23,25,27H2,1-2H3,(H,29,30,31);/q;+1/p-1/b26-24+;. The van der Waals surface area contributed by atoms with Crippen molar-refractivity contribution in [1.82, 2.24) is 0 Å². The van der Waals surface area contributed by atoms with E-state index in [1.165, 1.54) is 122 Å². The average Bonchev–Trinajstić information content (AvgIpc) is 2.78. The van der Waals surface area contributed by atoms with Gasteiger partial charge in [0.05, 0.1) is 6.61 Å². The van der Waals surface area contributed by atoms with Crippen molar-refractivity contribution in [2.45, 2.75) is 155 Å². The second-order valence-corrected chi connectivity index (χ2v) is 10.9. The second kappa shape index (κ2) is 28.8. The van der Waals surface area contributed by atoms with Gasteiger partial charge >= 0.3 is 51.4 Å². The fourth-order valence-corrected chi connectivity index (χ4v) is 4.68. The van der Waals surface area contributed by atoms with Gasteiger partial charge in [-0.1, -0.05) is 148 Å². The SMILES string of the molecule is CCCCCCCCCCCCC/C=C/C(CCCCCCCCCCC)COS(=O)(=O)[O-].[K+]. The molecule has 0 N–H and O–H groups in total. The van der Waals surface area contributed by atoms with Crippen LogP contribution in [0.2, 0.25) is 0 Å². The molecule has 0 rings (SSSR count). The van der Waals surface area contributed by atoms with Gasteiger partial charge in [-0.05, 0) is 19.3 Å². The van der Waals surface area contributed by atoms with Crippen LogP contribution in [0.15, 0.2) is 12.2 Å². The first-order valence-electron chi connectivity index (χ1n) is 14.3. The van der Waals surface area contributed by atoms with Gasteiger partial charge in [0, 0.05) is 5.92 Å². The van der Waals surface area contributed by atoms with Crippen LogP contribution in [-0.2, 0) is 14.6 Å². The van der Waals surface area contributed by atoms with Crippen molar-refractivity contribution in [2.75, 3.05) is 6.61 Å². The van der Waals surface area contributed by atoms with Crippen molar-refractivity contribution < 1.29 is 68.5 Å². The summed E-state index contributed by atoms with van der Waals surface area (Å²) in [5.41, 5.74) is 0. The van der Waals surface area contributed by atoms with Gasteiger partial charge in [0.15, 0.2) is 0 Å². The third-order valence-electron chi connectivity index (χ3n) is 6.49. The maximum atomic E-state index is 10.8. The minimum absolute atomic E-state index is 0. The maximum absolute atomic E-state index is 10.8. The molecule has 0 saturated carbocycles. The van der Waals surface area contributed by atoms with Gasteiger partial charge in [0.25, 0.3) is 0 Å². The van der Waals surface area contributed by atoms with Crippen LogP contribution < -0.4 is 51.4 Å². The molecule has 0 bridgehead atoms. The van der Waals surface area contributed by atoms with E-state index in [-0.39, 0.29) is 63.9 Å². The van der Waals surface area contributed by atoms with E-state index >= 15 is 0 Å². The molecule has 0 aliphatic heterocycles. The van der Waals surface area contributed by atoms with Crippen molar-refractivity contribution in [3.05, 3.63) is 12.2 Å². The number of hydrogen-bond donors (Lipinski definition) is 0. The Labute approximate surface area is 256 Å². The Kier molecular flexibility index (Phi) is 31.7. The fraction of sp³-hybridized carbons (Fsp3) is 0.929. The Morgan fingerprint density at radius 2 is 1.03 bits per heavy atom. The van der Waals surface area contributed by atoms with Crippen LogP contribution in [0.4, 0.5) is 0 Å². The van der Waals surface area contributed by atoms with Crippen LogP contribution in [0.5, 0.6) is 0 Å². The zero-order chi connectivity index (χ0) is 24.5. The molecule has 4 nitrogen and oxygen atoms in total. The first-order valence-corrected chi connectivity index (χ1v) is 15.6. The Hall–Kier alpha value is 1.25. The van der Waals surface area contributed by atoms with Crippen LogP contribution in [0, 0.1) is 5.92 Å². The minimum Gasteiger partial charge on any atom is -0.726 e. The van der Waals surface area contributed by atoms with E-state index in [0.717, 1.165) is 19.3 Å². The molecule has 0 saturated heterocycles. The third kappa shape index (κ3) is 31.3. The zero-order valence-corrected chi connectivity index (χ0v) is 27.0. The number of rotatable bonds is 26. The average molecular weight is 527 g/mol. The predicted octanol–water partition coefficient (Wildman–Crippen LogP) is 6.26.